The summed E-state index contributed by atoms with van der Waals surface area (Å²) in [4.78, 5) is 19.8. The molecule has 0 saturated heterocycles. The second-order valence-electron chi connectivity index (χ2n) is 7.69. The van der Waals surface area contributed by atoms with E-state index in [1.807, 2.05) is 54.7 Å². The Morgan fingerprint density at radius 3 is 2.52 bits per heavy atom. The van der Waals surface area contributed by atoms with E-state index in [1.165, 1.54) is 29.0 Å². The van der Waals surface area contributed by atoms with E-state index in [9.17, 15) is 9.18 Å². The zero-order chi connectivity index (χ0) is 22.6. The number of anilines is 1. The van der Waals surface area contributed by atoms with Gasteiger partial charge in [-0.25, -0.2) is 9.37 Å². The van der Waals surface area contributed by atoms with Crippen LogP contribution in [0.3, 0.4) is 0 Å². The summed E-state index contributed by atoms with van der Waals surface area (Å²) in [7, 11) is 0. The first-order chi connectivity index (χ1) is 16.2. The lowest BCUT2D eigenvalue weighted by Crippen LogP contribution is -2.34. The van der Waals surface area contributed by atoms with E-state index in [2.05, 4.69) is 22.2 Å². The maximum absolute atomic E-state index is 13.7. The molecule has 0 atom stereocenters. The molecule has 0 bridgehead atoms. The van der Waals surface area contributed by atoms with Crippen LogP contribution >= 0.6 is 11.3 Å². The Labute approximate surface area is 194 Å². The van der Waals surface area contributed by atoms with E-state index in [1.54, 1.807) is 21.8 Å². The van der Waals surface area contributed by atoms with Gasteiger partial charge in [0, 0.05) is 24.5 Å². The van der Waals surface area contributed by atoms with Gasteiger partial charge in [0.15, 0.2) is 5.13 Å². The first-order valence-corrected chi connectivity index (χ1v) is 11.5. The molecule has 5 aromatic rings. The van der Waals surface area contributed by atoms with Crippen LogP contribution in [0.1, 0.15) is 21.5 Å². The number of rotatable bonds is 7. The molecule has 1 amide bonds. The fraction of sp³-hybridized carbons (Fsp3) is 0.115. The third-order valence-electron chi connectivity index (χ3n) is 5.38. The third-order valence-corrected chi connectivity index (χ3v) is 6.42. The molecule has 0 aliphatic rings. The topological polar surface area (TPSA) is 51.0 Å². The van der Waals surface area contributed by atoms with Gasteiger partial charge in [0.25, 0.3) is 5.91 Å². The number of nitrogens with zero attached hydrogens (tertiary/aromatic N) is 4. The number of aromatic nitrogens is 3. The summed E-state index contributed by atoms with van der Waals surface area (Å²) in [6, 6.07) is 24.2. The van der Waals surface area contributed by atoms with Crippen LogP contribution in [-0.4, -0.2) is 27.2 Å². The molecule has 2 aromatic heterocycles. The number of thiazole rings is 1. The molecule has 164 valence electrons. The quantitative estimate of drug-likeness (QED) is 0.322. The first kappa shape index (κ1) is 21.0. The number of hydrogen-bond acceptors (Lipinski definition) is 4. The van der Waals surface area contributed by atoms with Gasteiger partial charge in [0.1, 0.15) is 5.82 Å². The molecular weight excluding hydrogens is 435 g/mol. The van der Waals surface area contributed by atoms with Crippen LogP contribution in [0.5, 0.6) is 0 Å². The van der Waals surface area contributed by atoms with Crippen molar-refractivity contribution < 1.29 is 9.18 Å². The monoisotopic (exact) mass is 456 g/mol. The summed E-state index contributed by atoms with van der Waals surface area (Å²) in [5.41, 5.74) is 3.61. The number of fused-ring (bicyclic) bond motifs is 1. The molecule has 2 heterocycles. The Kier molecular flexibility index (Phi) is 5.95. The lowest BCUT2D eigenvalue weighted by atomic mass is 10.0. The largest absolute Gasteiger partial charge is 0.282 e. The molecule has 0 aliphatic carbocycles. The minimum Gasteiger partial charge on any atom is -0.282 e. The number of hydrogen-bond donors (Lipinski definition) is 0. The molecule has 0 saturated carbocycles. The predicted octanol–water partition coefficient (Wildman–Crippen LogP) is 5.57. The van der Waals surface area contributed by atoms with Gasteiger partial charge in [-0.1, -0.05) is 53.8 Å². The Morgan fingerprint density at radius 1 is 0.970 bits per heavy atom. The Morgan fingerprint density at radius 2 is 1.76 bits per heavy atom. The first-order valence-electron chi connectivity index (χ1n) is 10.6. The maximum atomic E-state index is 13.7. The second kappa shape index (κ2) is 9.34. The van der Waals surface area contributed by atoms with Crippen molar-refractivity contribution in [3.05, 3.63) is 114 Å². The highest BCUT2D eigenvalue weighted by atomic mass is 32.1. The van der Waals surface area contributed by atoms with Gasteiger partial charge in [-0.2, -0.15) is 5.10 Å². The van der Waals surface area contributed by atoms with Crippen LogP contribution in [0.2, 0.25) is 0 Å². The summed E-state index contributed by atoms with van der Waals surface area (Å²) >= 11 is 1.31. The molecule has 7 heteroatoms. The van der Waals surface area contributed by atoms with Crippen LogP contribution in [-0.2, 0) is 13.0 Å². The maximum Gasteiger partial charge on any atom is 0.260 e. The molecule has 0 spiro atoms. The van der Waals surface area contributed by atoms with Gasteiger partial charge >= 0.3 is 0 Å². The average Bonchev–Trinajstić information content (AvgIpc) is 3.50. The van der Waals surface area contributed by atoms with Crippen molar-refractivity contribution in [1.82, 2.24) is 14.8 Å². The van der Waals surface area contributed by atoms with Crippen molar-refractivity contribution in [3.8, 4) is 0 Å². The van der Waals surface area contributed by atoms with Crippen LogP contribution in [0.15, 0.2) is 91.3 Å². The summed E-state index contributed by atoms with van der Waals surface area (Å²) in [5, 5.41) is 4.77. The van der Waals surface area contributed by atoms with E-state index < -0.39 is 0 Å². The van der Waals surface area contributed by atoms with Crippen LogP contribution in [0.4, 0.5) is 9.52 Å². The SMILES string of the molecule is O=C(c1ccc(Cc2ccccc2)cc1)N(CCn1cccn1)c1nc2ccc(F)cc2s1. The Balaban J connectivity index is 1.41. The standard InChI is InChI=1S/C26H21FN4OS/c27-22-11-12-23-24(18-22)33-26(29-23)31(16-15-30-14-4-13-28-30)25(32)21-9-7-20(8-10-21)17-19-5-2-1-3-6-19/h1-14,18H,15-17H2. The van der Waals surface area contributed by atoms with Gasteiger partial charge in [0.2, 0.25) is 0 Å². The lowest BCUT2D eigenvalue weighted by molar-refractivity contribution is 0.0986. The molecular formula is C26H21FN4OS. The van der Waals surface area contributed by atoms with Crippen molar-refractivity contribution in [1.29, 1.82) is 0 Å². The van der Waals surface area contributed by atoms with Gasteiger partial charge < -0.3 is 0 Å². The minimum atomic E-state index is -0.318. The van der Waals surface area contributed by atoms with Crippen molar-refractivity contribution in [2.24, 2.45) is 0 Å². The smallest absolute Gasteiger partial charge is 0.260 e. The fourth-order valence-corrected chi connectivity index (χ4v) is 4.69. The van der Waals surface area contributed by atoms with Gasteiger partial charge in [-0.3, -0.25) is 14.4 Å². The van der Waals surface area contributed by atoms with Crippen molar-refractivity contribution in [2.75, 3.05) is 11.4 Å². The number of benzene rings is 3. The van der Waals surface area contributed by atoms with Gasteiger partial charge in [-0.05, 0) is 53.9 Å². The fourth-order valence-electron chi connectivity index (χ4n) is 3.67. The molecule has 5 rings (SSSR count). The van der Waals surface area contributed by atoms with Crippen molar-refractivity contribution in [3.63, 3.8) is 0 Å². The van der Waals surface area contributed by atoms with Gasteiger partial charge in [-0.15, -0.1) is 0 Å². The van der Waals surface area contributed by atoms with E-state index >= 15 is 0 Å². The molecule has 0 fully saturated rings. The molecule has 5 nitrogen and oxygen atoms in total. The van der Waals surface area contributed by atoms with Gasteiger partial charge in [0.05, 0.1) is 16.8 Å². The Bertz CT molecular complexity index is 1360. The average molecular weight is 457 g/mol. The number of amides is 1. The summed E-state index contributed by atoms with van der Waals surface area (Å²) < 4.78 is 16.2. The highest BCUT2D eigenvalue weighted by Gasteiger charge is 2.21. The van der Waals surface area contributed by atoms with E-state index in [-0.39, 0.29) is 11.7 Å². The summed E-state index contributed by atoms with van der Waals surface area (Å²) in [6.45, 7) is 0.920. The molecule has 0 unspecified atom stereocenters. The van der Waals surface area contributed by atoms with Crippen molar-refractivity contribution in [2.45, 2.75) is 13.0 Å². The summed E-state index contributed by atoms with van der Waals surface area (Å²) in [5.74, 6) is -0.464. The van der Waals surface area contributed by atoms with Crippen molar-refractivity contribution >= 4 is 32.6 Å². The normalized spacial score (nSPS) is 11.1. The molecule has 0 N–H and O–H groups in total. The number of carbonyl (C=O) groups excluding carboxylic acids is 1. The number of carbonyl (C=O) groups is 1. The second-order valence-corrected chi connectivity index (χ2v) is 8.70. The zero-order valence-electron chi connectivity index (χ0n) is 17.8. The zero-order valence-corrected chi connectivity index (χ0v) is 18.6. The lowest BCUT2D eigenvalue weighted by Gasteiger charge is -2.20. The predicted molar refractivity (Wildman–Crippen MR) is 129 cm³/mol. The molecule has 0 radical (unpaired) electrons. The highest BCUT2D eigenvalue weighted by molar-refractivity contribution is 7.22. The van der Waals surface area contributed by atoms with E-state index in [4.69, 9.17) is 0 Å². The third kappa shape index (κ3) is 4.83. The number of halogens is 1. The molecule has 33 heavy (non-hydrogen) atoms. The van der Waals surface area contributed by atoms with Crippen LogP contribution < -0.4 is 4.90 Å². The summed E-state index contributed by atoms with van der Waals surface area (Å²) in [6.07, 6.45) is 4.37. The Hall–Kier alpha value is -3.84. The highest BCUT2D eigenvalue weighted by Crippen LogP contribution is 2.30. The van der Waals surface area contributed by atoms with E-state index in [0.29, 0.717) is 34.0 Å². The van der Waals surface area contributed by atoms with E-state index in [0.717, 1.165) is 12.0 Å². The van der Waals surface area contributed by atoms with Crippen LogP contribution in [0, 0.1) is 5.82 Å². The molecule has 0 aliphatic heterocycles. The minimum absolute atomic E-state index is 0.145. The van der Waals surface area contributed by atoms with Crippen LogP contribution in [0.25, 0.3) is 10.2 Å². The molecule has 3 aromatic carbocycles.